The summed E-state index contributed by atoms with van der Waals surface area (Å²) in [7, 11) is 0. The van der Waals surface area contributed by atoms with E-state index in [1.54, 1.807) is 6.20 Å². The minimum absolute atomic E-state index is 0.258. The lowest BCUT2D eigenvalue weighted by molar-refractivity contribution is 0.0894. The summed E-state index contributed by atoms with van der Waals surface area (Å²) in [6, 6.07) is 1.38. The number of aromatic nitrogens is 1. The summed E-state index contributed by atoms with van der Waals surface area (Å²) in [5, 5.41) is 10.1. The van der Waals surface area contributed by atoms with Crippen molar-refractivity contribution in [2.75, 3.05) is 0 Å². The minimum atomic E-state index is -0.564. The molecule has 0 radical (unpaired) electrons. The number of halogens is 1. The van der Waals surface area contributed by atoms with Gasteiger partial charge >= 0.3 is 0 Å². The number of pyridine rings is 1. The Kier molecular flexibility index (Phi) is 3.00. The van der Waals surface area contributed by atoms with Gasteiger partial charge in [0.15, 0.2) is 0 Å². The van der Waals surface area contributed by atoms with Gasteiger partial charge in [-0.3, -0.25) is 4.98 Å². The van der Waals surface area contributed by atoms with Crippen LogP contribution < -0.4 is 0 Å². The second kappa shape index (κ2) is 4.27. The molecule has 1 aromatic heterocycles. The minimum Gasteiger partial charge on any atom is -0.388 e. The molecule has 1 aliphatic carbocycles. The highest BCUT2D eigenvalue weighted by atomic mass is 19.1. The van der Waals surface area contributed by atoms with Crippen LogP contribution in [0.4, 0.5) is 4.39 Å². The molecule has 1 saturated carbocycles. The third-order valence-electron chi connectivity index (χ3n) is 3.40. The highest BCUT2D eigenvalue weighted by molar-refractivity contribution is 5.14. The first-order valence-corrected chi connectivity index (χ1v) is 5.47. The Morgan fingerprint density at radius 3 is 2.87 bits per heavy atom. The maximum absolute atomic E-state index is 12.9. The Morgan fingerprint density at radius 2 is 2.27 bits per heavy atom. The van der Waals surface area contributed by atoms with E-state index in [4.69, 9.17) is 0 Å². The van der Waals surface area contributed by atoms with E-state index in [0.717, 1.165) is 25.5 Å². The average Bonchev–Trinajstić information content (AvgIpc) is 2.63. The van der Waals surface area contributed by atoms with Crippen LogP contribution in [0.5, 0.6) is 0 Å². The van der Waals surface area contributed by atoms with Crippen LogP contribution in [0.3, 0.4) is 0 Å². The summed E-state index contributed by atoms with van der Waals surface area (Å²) >= 11 is 0. The van der Waals surface area contributed by atoms with Crippen molar-refractivity contribution in [1.82, 2.24) is 4.98 Å². The number of hydrogen-bond acceptors (Lipinski definition) is 2. The first-order valence-electron chi connectivity index (χ1n) is 5.47. The van der Waals surface area contributed by atoms with Gasteiger partial charge in [-0.25, -0.2) is 4.39 Å². The molecule has 0 bridgehead atoms. The molecule has 0 aromatic carbocycles. The molecule has 15 heavy (non-hydrogen) atoms. The van der Waals surface area contributed by atoms with Crippen molar-refractivity contribution in [1.29, 1.82) is 0 Å². The second-order valence-electron chi connectivity index (χ2n) is 4.45. The molecule has 1 heterocycles. The third-order valence-corrected chi connectivity index (χ3v) is 3.40. The molecule has 0 saturated heterocycles. The zero-order valence-corrected chi connectivity index (χ0v) is 8.86. The van der Waals surface area contributed by atoms with Crippen LogP contribution in [0.15, 0.2) is 18.5 Å². The molecule has 0 aliphatic heterocycles. The molecule has 3 atom stereocenters. The Morgan fingerprint density at radius 1 is 1.47 bits per heavy atom. The first kappa shape index (κ1) is 10.6. The standard InChI is InChI=1S/C12H16FNO/c1-8-3-2-4-11(8)12(15)9-5-10(13)7-14-6-9/h5-8,11-12,15H,2-4H2,1H3. The van der Waals surface area contributed by atoms with Gasteiger partial charge in [-0.2, -0.15) is 0 Å². The van der Waals surface area contributed by atoms with Crippen LogP contribution in [0, 0.1) is 17.7 Å². The van der Waals surface area contributed by atoms with Gasteiger partial charge < -0.3 is 5.11 Å². The molecule has 2 rings (SSSR count). The topological polar surface area (TPSA) is 33.1 Å². The van der Waals surface area contributed by atoms with E-state index in [0.29, 0.717) is 11.5 Å². The van der Waals surface area contributed by atoms with Gasteiger partial charge in [-0.05, 0) is 24.3 Å². The summed E-state index contributed by atoms with van der Waals surface area (Å²) in [6.07, 6.45) is 5.49. The van der Waals surface area contributed by atoms with Gasteiger partial charge in [-0.1, -0.05) is 19.8 Å². The predicted octanol–water partition coefficient (Wildman–Crippen LogP) is 2.69. The largest absolute Gasteiger partial charge is 0.388 e. The molecular formula is C12H16FNO. The molecule has 3 unspecified atom stereocenters. The summed E-state index contributed by atoms with van der Waals surface area (Å²) in [4.78, 5) is 3.77. The van der Waals surface area contributed by atoms with Crippen LogP contribution in [0.1, 0.15) is 37.9 Å². The number of nitrogens with zero attached hydrogens (tertiary/aromatic N) is 1. The summed E-state index contributed by atoms with van der Waals surface area (Å²) < 4.78 is 12.9. The summed E-state index contributed by atoms with van der Waals surface area (Å²) in [6.45, 7) is 2.15. The SMILES string of the molecule is CC1CCCC1C(O)c1cncc(F)c1. The van der Waals surface area contributed by atoms with E-state index in [-0.39, 0.29) is 11.7 Å². The summed E-state index contributed by atoms with van der Waals surface area (Å²) in [5.41, 5.74) is 0.605. The lowest BCUT2D eigenvalue weighted by atomic mass is 9.89. The molecular weight excluding hydrogens is 193 g/mol. The highest BCUT2D eigenvalue weighted by Gasteiger charge is 2.30. The molecule has 82 valence electrons. The van der Waals surface area contributed by atoms with E-state index in [1.165, 1.54) is 6.07 Å². The fourth-order valence-corrected chi connectivity index (χ4v) is 2.48. The maximum Gasteiger partial charge on any atom is 0.141 e. The van der Waals surface area contributed by atoms with Crippen molar-refractivity contribution in [3.63, 3.8) is 0 Å². The fourth-order valence-electron chi connectivity index (χ4n) is 2.48. The lowest BCUT2D eigenvalue weighted by Gasteiger charge is -2.22. The van der Waals surface area contributed by atoms with Crippen molar-refractivity contribution >= 4 is 0 Å². The Bertz CT molecular complexity index is 342. The number of aliphatic hydroxyl groups is 1. The van der Waals surface area contributed by atoms with Gasteiger partial charge in [0.1, 0.15) is 5.82 Å². The van der Waals surface area contributed by atoms with Crippen molar-refractivity contribution < 1.29 is 9.50 Å². The van der Waals surface area contributed by atoms with Crippen molar-refractivity contribution in [3.05, 3.63) is 29.8 Å². The monoisotopic (exact) mass is 209 g/mol. The Balaban J connectivity index is 2.16. The van der Waals surface area contributed by atoms with E-state index in [2.05, 4.69) is 11.9 Å². The average molecular weight is 209 g/mol. The zero-order chi connectivity index (χ0) is 10.8. The van der Waals surface area contributed by atoms with E-state index >= 15 is 0 Å². The lowest BCUT2D eigenvalue weighted by Crippen LogP contribution is -2.15. The molecule has 1 N–H and O–H groups in total. The Hall–Kier alpha value is -0.960. The van der Waals surface area contributed by atoms with Gasteiger partial charge in [0.25, 0.3) is 0 Å². The molecule has 0 amide bonds. The predicted molar refractivity (Wildman–Crippen MR) is 55.7 cm³/mol. The number of aliphatic hydroxyl groups excluding tert-OH is 1. The maximum atomic E-state index is 12.9. The van der Waals surface area contributed by atoms with Crippen LogP contribution in [0.2, 0.25) is 0 Å². The Labute approximate surface area is 89.2 Å². The van der Waals surface area contributed by atoms with Crippen LogP contribution in [0.25, 0.3) is 0 Å². The van der Waals surface area contributed by atoms with Gasteiger partial charge in [0, 0.05) is 11.8 Å². The quantitative estimate of drug-likeness (QED) is 0.812. The molecule has 1 aromatic rings. The van der Waals surface area contributed by atoms with Crippen molar-refractivity contribution in [3.8, 4) is 0 Å². The van der Waals surface area contributed by atoms with Crippen LogP contribution in [-0.2, 0) is 0 Å². The summed E-state index contributed by atoms with van der Waals surface area (Å²) in [5.74, 6) is 0.397. The normalized spacial score (nSPS) is 27.9. The van der Waals surface area contributed by atoms with E-state index < -0.39 is 6.10 Å². The smallest absolute Gasteiger partial charge is 0.141 e. The number of hydrogen-bond donors (Lipinski definition) is 1. The van der Waals surface area contributed by atoms with Crippen LogP contribution in [-0.4, -0.2) is 10.1 Å². The fraction of sp³-hybridized carbons (Fsp3) is 0.583. The molecule has 3 heteroatoms. The highest BCUT2D eigenvalue weighted by Crippen LogP contribution is 2.39. The van der Waals surface area contributed by atoms with Gasteiger partial charge in [0.05, 0.1) is 12.3 Å². The molecule has 1 aliphatic rings. The first-order chi connectivity index (χ1) is 7.18. The van der Waals surface area contributed by atoms with E-state index in [9.17, 15) is 9.50 Å². The van der Waals surface area contributed by atoms with Crippen molar-refractivity contribution in [2.24, 2.45) is 11.8 Å². The van der Waals surface area contributed by atoms with Gasteiger partial charge in [0.2, 0.25) is 0 Å². The second-order valence-corrected chi connectivity index (χ2v) is 4.45. The van der Waals surface area contributed by atoms with Crippen LogP contribution >= 0.6 is 0 Å². The molecule has 0 spiro atoms. The number of rotatable bonds is 2. The third kappa shape index (κ3) is 2.17. The molecule has 1 fully saturated rings. The van der Waals surface area contributed by atoms with Crippen molar-refractivity contribution in [2.45, 2.75) is 32.3 Å². The van der Waals surface area contributed by atoms with Gasteiger partial charge in [-0.15, -0.1) is 0 Å². The zero-order valence-electron chi connectivity index (χ0n) is 8.86. The van der Waals surface area contributed by atoms with E-state index in [1.807, 2.05) is 0 Å². The molecule has 2 nitrogen and oxygen atoms in total.